The Balaban J connectivity index is 1.63. The summed E-state index contributed by atoms with van der Waals surface area (Å²) in [5.41, 5.74) is 0.528. The van der Waals surface area contributed by atoms with Gasteiger partial charge in [0.25, 0.3) is 0 Å². The highest BCUT2D eigenvalue weighted by Gasteiger charge is 2.31. The molecule has 0 bridgehead atoms. The minimum atomic E-state index is -0.858. The minimum Gasteiger partial charge on any atom is -0.486 e. The lowest BCUT2D eigenvalue weighted by molar-refractivity contribution is 0.184. The van der Waals surface area contributed by atoms with Crippen LogP contribution in [0.2, 0.25) is 0 Å². The number of benzene rings is 1. The Kier molecular flexibility index (Phi) is 5.91. The third-order valence-electron chi connectivity index (χ3n) is 5.96. The molecule has 0 spiro atoms. The van der Waals surface area contributed by atoms with Gasteiger partial charge in [-0.25, -0.2) is 4.39 Å². The Hall–Kier alpha value is -1.38. The first kappa shape index (κ1) is 17.4. The predicted octanol–water partition coefficient (Wildman–Crippen LogP) is 6.38. The zero-order valence-corrected chi connectivity index (χ0v) is 14.4. The molecule has 2 aliphatic rings. The van der Waals surface area contributed by atoms with E-state index in [1.807, 2.05) is 0 Å². The molecule has 0 saturated heterocycles. The summed E-state index contributed by atoms with van der Waals surface area (Å²) in [4.78, 5) is 0. The molecule has 2 aliphatic carbocycles. The molecule has 0 unspecified atom stereocenters. The molecule has 132 valence electrons. The van der Waals surface area contributed by atoms with Crippen LogP contribution >= 0.6 is 0 Å². The fourth-order valence-electron chi connectivity index (χ4n) is 4.63. The Labute approximate surface area is 144 Å². The molecular formula is C21H28F2O. The van der Waals surface area contributed by atoms with E-state index in [0.29, 0.717) is 5.56 Å². The maximum atomic E-state index is 14.4. The van der Waals surface area contributed by atoms with Gasteiger partial charge in [0.15, 0.2) is 11.6 Å². The van der Waals surface area contributed by atoms with Crippen molar-refractivity contribution in [2.24, 2.45) is 11.8 Å². The summed E-state index contributed by atoms with van der Waals surface area (Å²) >= 11 is 0. The lowest BCUT2D eigenvalue weighted by Crippen LogP contribution is -2.23. The lowest BCUT2D eigenvalue weighted by Gasteiger charge is -2.36. The fraction of sp³-hybridized carbons (Fsp3) is 0.619. The fourth-order valence-corrected chi connectivity index (χ4v) is 4.63. The lowest BCUT2D eigenvalue weighted by atomic mass is 9.70. The smallest absolute Gasteiger partial charge is 0.200 e. The quantitative estimate of drug-likeness (QED) is 0.567. The van der Waals surface area contributed by atoms with Crippen LogP contribution in [0.5, 0.6) is 5.75 Å². The molecule has 0 amide bonds. The van der Waals surface area contributed by atoms with Crippen LogP contribution in [-0.4, -0.2) is 6.61 Å². The second-order valence-corrected chi connectivity index (χ2v) is 7.39. The van der Waals surface area contributed by atoms with E-state index >= 15 is 0 Å². The van der Waals surface area contributed by atoms with Crippen LogP contribution < -0.4 is 4.74 Å². The van der Waals surface area contributed by atoms with Crippen molar-refractivity contribution in [3.8, 4) is 5.75 Å². The monoisotopic (exact) mass is 334 g/mol. The zero-order chi connectivity index (χ0) is 16.9. The van der Waals surface area contributed by atoms with E-state index in [1.54, 1.807) is 12.1 Å². The van der Waals surface area contributed by atoms with Gasteiger partial charge >= 0.3 is 0 Å². The van der Waals surface area contributed by atoms with Crippen LogP contribution in [-0.2, 0) is 0 Å². The topological polar surface area (TPSA) is 9.23 Å². The van der Waals surface area contributed by atoms with Crippen LogP contribution in [0.4, 0.5) is 8.78 Å². The van der Waals surface area contributed by atoms with E-state index in [9.17, 15) is 8.78 Å². The molecule has 2 saturated carbocycles. The molecule has 0 aromatic heterocycles. The van der Waals surface area contributed by atoms with Gasteiger partial charge in [0.2, 0.25) is 5.82 Å². The first-order chi connectivity index (χ1) is 11.7. The van der Waals surface area contributed by atoms with Crippen molar-refractivity contribution < 1.29 is 13.5 Å². The third kappa shape index (κ3) is 3.81. The Morgan fingerprint density at radius 2 is 1.58 bits per heavy atom. The largest absolute Gasteiger partial charge is 0.486 e. The number of ether oxygens (including phenoxy) is 1. The summed E-state index contributed by atoms with van der Waals surface area (Å²) in [5, 5.41) is 0. The summed E-state index contributed by atoms with van der Waals surface area (Å²) in [6.45, 7) is 3.71. The molecule has 3 heteroatoms. The summed E-state index contributed by atoms with van der Waals surface area (Å²) in [7, 11) is 0. The van der Waals surface area contributed by atoms with Gasteiger partial charge in [-0.15, -0.1) is 0 Å². The molecule has 3 rings (SSSR count). The highest BCUT2D eigenvalue weighted by Crippen LogP contribution is 2.44. The van der Waals surface area contributed by atoms with Gasteiger partial charge in [0.1, 0.15) is 6.61 Å². The van der Waals surface area contributed by atoms with Crippen LogP contribution in [0.1, 0.15) is 69.3 Å². The van der Waals surface area contributed by atoms with Crippen LogP contribution in [0, 0.1) is 23.5 Å². The van der Waals surface area contributed by atoms with Crippen molar-refractivity contribution in [1.29, 1.82) is 0 Å². The number of hydrogen-bond donors (Lipinski definition) is 0. The maximum absolute atomic E-state index is 14.4. The number of halogens is 2. The third-order valence-corrected chi connectivity index (χ3v) is 5.96. The van der Waals surface area contributed by atoms with Gasteiger partial charge in [0.05, 0.1) is 0 Å². The molecule has 1 aromatic rings. The normalized spacial score (nSPS) is 25.4. The molecule has 24 heavy (non-hydrogen) atoms. The Morgan fingerprint density at radius 3 is 2.25 bits per heavy atom. The summed E-state index contributed by atoms with van der Waals surface area (Å²) < 4.78 is 33.8. The summed E-state index contributed by atoms with van der Waals surface area (Å²) in [5.74, 6) is 0.210. The first-order valence-corrected chi connectivity index (χ1v) is 9.42. The SMILES string of the molecule is C=CCOc1ccc(C2CCC(C3CCCCC3)CC2)c(F)c1F. The first-order valence-electron chi connectivity index (χ1n) is 9.42. The van der Waals surface area contributed by atoms with Crippen LogP contribution in [0.15, 0.2) is 24.8 Å². The van der Waals surface area contributed by atoms with Crippen LogP contribution in [0.3, 0.4) is 0 Å². The Morgan fingerprint density at radius 1 is 0.917 bits per heavy atom. The molecule has 0 aliphatic heterocycles. The summed E-state index contributed by atoms with van der Waals surface area (Å²) in [6, 6.07) is 3.27. The molecule has 1 nitrogen and oxygen atoms in total. The summed E-state index contributed by atoms with van der Waals surface area (Å²) in [6.07, 6.45) is 12.7. The average molecular weight is 334 g/mol. The maximum Gasteiger partial charge on any atom is 0.200 e. The zero-order valence-electron chi connectivity index (χ0n) is 14.4. The molecule has 0 radical (unpaired) electrons. The van der Waals surface area contributed by atoms with Crippen molar-refractivity contribution in [3.05, 3.63) is 42.0 Å². The molecule has 0 heterocycles. The molecule has 2 fully saturated rings. The van der Waals surface area contributed by atoms with Crippen molar-refractivity contribution in [1.82, 2.24) is 0 Å². The van der Waals surface area contributed by atoms with Crippen molar-refractivity contribution in [2.75, 3.05) is 6.61 Å². The van der Waals surface area contributed by atoms with E-state index in [0.717, 1.165) is 37.5 Å². The van der Waals surface area contributed by atoms with Gasteiger partial charge in [-0.05, 0) is 55.1 Å². The molecule has 0 N–H and O–H groups in total. The highest BCUT2D eigenvalue weighted by atomic mass is 19.2. The molecular weight excluding hydrogens is 306 g/mol. The van der Waals surface area contributed by atoms with E-state index in [2.05, 4.69) is 6.58 Å². The van der Waals surface area contributed by atoms with Gasteiger partial charge < -0.3 is 4.74 Å². The average Bonchev–Trinajstić information content (AvgIpc) is 2.64. The molecule has 0 atom stereocenters. The molecule has 1 aromatic carbocycles. The van der Waals surface area contributed by atoms with E-state index in [1.165, 1.54) is 38.2 Å². The highest BCUT2D eigenvalue weighted by molar-refractivity contribution is 5.33. The van der Waals surface area contributed by atoms with Gasteiger partial charge in [0, 0.05) is 0 Å². The van der Waals surface area contributed by atoms with Crippen LogP contribution in [0.25, 0.3) is 0 Å². The van der Waals surface area contributed by atoms with Gasteiger partial charge in [-0.2, -0.15) is 4.39 Å². The van der Waals surface area contributed by atoms with Gasteiger partial charge in [-0.1, -0.05) is 50.8 Å². The number of rotatable bonds is 5. The second-order valence-electron chi connectivity index (χ2n) is 7.39. The van der Waals surface area contributed by atoms with Gasteiger partial charge in [-0.3, -0.25) is 0 Å². The predicted molar refractivity (Wildman–Crippen MR) is 93.3 cm³/mol. The standard InChI is InChI=1S/C21H28F2O/c1-2-14-24-19-13-12-18(20(22)21(19)23)17-10-8-16(9-11-17)15-6-4-3-5-7-15/h2,12-13,15-17H,1,3-11,14H2. The second kappa shape index (κ2) is 8.13. The number of hydrogen-bond acceptors (Lipinski definition) is 1. The van der Waals surface area contributed by atoms with Crippen molar-refractivity contribution >= 4 is 0 Å². The van der Waals surface area contributed by atoms with E-state index < -0.39 is 11.6 Å². The minimum absolute atomic E-state index is 0.0213. The van der Waals surface area contributed by atoms with Crippen molar-refractivity contribution in [3.63, 3.8) is 0 Å². The van der Waals surface area contributed by atoms with E-state index in [-0.39, 0.29) is 18.3 Å². The van der Waals surface area contributed by atoms with E-state index in [4.69, 9.17) is 4.74 Å². The van der Waals surface area contributed by atoms with Crippen molar-refractivity contribution in [2.45, 2.75) is 63.7 Å². The Bertz CT molecular complexity index is 555.